The predicted molar refractivity (Wildman–Crippen MR) is 136 cm³/mol. The minimum atomic E-state index is 0. The van der Waals surface area contributed by atoms with Gasteiger partial charge in [-0.05, 0) is 62.1 Å². The van der Waals surface area contributed by atoms with Crippen molar-refractivity contribution in [3.8, 4) is 0 Å². The molecule has 1 aliphatic heterocycles. The first-order valence-corrected chi connectivity index (χ1v) is 11.5. The van der Waals surface area contributed by atoms with Crippen molar-refractivity contribution in [1.82, 2.24) is 15.6 Å². The summed E-state index contributed by atoms with van der Waals surface area (Å²) >= 11 is 0. The molecule has 6 nitrogen and oxygen atoms in total. The lowest BCUT2D eigenvalue weighted by Gasteiger charge is -2.42. The van der Waals surface area contributed by atoms with Gasteiger partial charge in [0.15, 0.2) is 5.96 Å². The third-order valence-corrected chi connectivity index (χ3v) is 6.39. The number of hydrogen-bond donors (Lipinski definition) is 2. The number of methoxy groups -OCH3 is 1. The Morgan fingerprint density at radius 2 is 1.93 bits per heavy atom. The predicted octanol–water partition coefficient (Wildman–Crippen LogP) is 4.34. The zero-order valence-corrected chi connectivity index (χ0v) is 21.1. The van der Waals surface area contributed by atoms with Crippen molar-refractivity contribution in [2.45, 2.75) is 64.8 Å². The van der Waals surface area contributed by atoms with Crippen LogP contribution < -0.4 is 15.5 Å². The fourth-order valence-electron chi connectivity index (χ4n) is 4.33. The summed E-state index contributed by atoms with van der Waals surface area (Å²) in [5.74, 6) is 2.01. The number of nitrogens with one attached hydrogen (secondary N) is 2. The minimum absolute atomic E-state index is 0. The van der Waals surface area contributed by atoms with Gasteiger partial charge in [-0.15, -0.1) is 24.0 Å². The van der Waals surface area contributed by atoms with Crippen LogP contribution in [0.5, 0.6) is 0 Å². The number of hydrogen-bond acceptors (Lipinski definition) is 4. The quantitative estimate of drug-likeness (QED) is 0.283. The summed E-state index contributed by atoms with van der Waals surface area (Å²) in [5, 5.41) is 6.98. The van der Waals surface area contributed by atoms with E-state index in [9.17, 15) is 0 Å². The highest BCUT2D eigenvalue weighted by Crippen LogP contribution is 2.43. The van der Waals surface area contributed by atoms with Gasteiger partial charge in [0, 0.05) is 46.1 Å². The molecule has 2 N–H and O–H groups in total. The van der Waals surface area contributed by atoms with Gasteiger partial charge in [-0.1, -0.05) is 19.3 Å². The number of nitrogens with zero attached hydrogens (tertiary/aromatic N) is 3. The summed E-state index contributed by atoms with van der Waals surface area (Å²) in [6.45, 7) is 7.70. The summed E-state index contributed by atoms with van der Waals surface area (Å²) in [6.07, 6.45) is 12.2. The van der Waals surface area contributed by atoms with Gasteiger partial charge in [-0.3, -0.25) is 0 Å². The second kappa shape index (κ2) is 13.3. The molecular weight excluding hydrogens is 489 g/mol. The lowest BCUT2D eigenvalue weighted by molar-refractivity contribution is 0.0732. The normalized spacial score (nSPS) is 18.7. The number of ether oxygens (including phenoxy) is 1. The molecule has 0 amide bonds. The van der Waals surface area contributed by atoms with Crippen LogP contribution in [0.15, 0.2) is 23.3 Å². The van der Waals surface area contributed by atoms with E-state index in [1.807, 2.05) is 6.20 Å². The molecule has 0 aromatic carbocycles. The van der Waals surface area contributed by atoms with Crippen molar-refractivity contribution < 1.29 is 4.74 Å². The maximum atomic E-state index is 5.32. The zero-order chi connectivity index (χ0) is 20.4. The van der Waals surface area contributed by atoms with Crippen LogP contribution in [0, 0.1) is 5.41 Å². The molecule has 1 aromatic heterocycles. The topological polar surface area (TPSA) is 61.8 Å². The number of anilines is 1. The monoisotopic (exact) mass is 529 g/mol. The largest absolute Gasteiger partial charge is 0.385 e. The van der Waals surface area contributed by atoms with Gasteiger partial charge < -0.3 is 20.3 Å². The Morgan fingerprint density at radius 3 is 2.57 bits per heavy atom. The number of guanidine groups is 1. The molecule has 3 rings (SSSR count). The van der Waals surface area contributed by atoms with Gasteiger partial charge in [-0.2, -0.15) is 0 Å². The molecule has 1 aromatic rings. The fraction of sp³-hybridized carbons (Fsp3) is 0.739. The first-order chi connectivity index (χ1) is 14.2. The highest BCUT2D eigenvalue weighted by atomic mass is 127. The molecule has 2 heterocycles. The first-order valence-electron chi connectivity index (χ1n) is 11.5. The molecule has 2 aliphatic rings. The molecule has 0 bridgehead atoms. The maximum Gasteiger partial charge on any atom is 0.191 e. The maximum absolute atomic E-state index is 5.32. The molecule has 1 saturated carbocycles. The lowest BCUT2D eigenvalue weighted by atomic mass is 9.67. The summed E-state index contributed by atoms with van der Waals surface area (Å²) in [4.78, 5) is 11.9. The molecule has 0 radical (unpaired) electrons. The van der Waals surface area contributed by atoms with Crippen molar-refractivity contribution in [1.29, 1.82) is 0 Å². The SMILES string of the molecule is CCNC(=NCc1ccnc(N2CCCCCC2)c1)NCC1(CCOC)CCC1.I. The van der Waals surface area contributed by atoms with E-state index in [4.69, 9.17) is 9.73 Å². The average Bonchev–Trinajstić information content (AvgIpc) is 3.00. The van der Waals surface area contributed by atoms with Gasteiger partial charge in [-0.25, -0.2) is 9.98 Å². The van der Waals surface area contributed by atoms with Crippen LogP contribution in [0.2, 0.25) is 0 Å². The summed E-state index contributed by atoms with van der Waals surface area (Å²) < 4.78 is 5.32. The molecule has 1 aliphatic carbocycles. The molecular formula is C23H40IN5O. The Balaban J connectivity index is 0.00000320. The zero-order valence-electron chi connectivity index (χ0n) is 18.8. The molecule has 0 unspecified atom stereocenters. The second-order valence-corrected chi connectivity index (χ2v) is 8.57. The third-order valence-electron chi connectivity index (χ3n) is 6.39. The molecule has 1 saturated heterocycles. The Hall–Kier alpha value is -1.09. The van der Waals surface area contributed by atoms with Crippen molar-refractivity contribution in [3.05, 3.63) is 23.9 Å². The average molecular weight is 530 g/mol. The van der Waals surface area contributed by atoms with Crippen LogP contribution in [0.1, 0.15) is 63.9 Å². The standard InChI is InChI=1S/C23H39N5O.HI/c1-3-24-22(27-19-23(10-8-11-23)12-16-29-2)26-18-20-9-13-25-21(17-20)28-14-6-4-5-7-15-28;/h9,13,17H,3-8,10-12,14-16,18-19H2,1-2H3,(H2,24,26,27);1H. The third kappa shape index (κ3) is 7.55. The van der Waals surface area contributed by atoms with Crippen molar-refractivity contribution in [2.75, 3.05) is 44.8 Å². The van der Waals surface area contributed by atoms with E-state index in [1.165, 1.54) is 50.5 Å². The molecule has 0 atom stereocenters. The van der Waals surface area contributed by atoms with Crippen LogP contribution in [-0.4, -0.2) is 50.8 Å². The van der Waals surface area contributed by atoms with Gasteiger partial charge >= 0.3 is 0 Å². The summed E-state index contributed by atoms with van der Waals surface area (Å²) in [6, 6.07) is 4.30. The van der Waals surface area contributed by atoms with E-state index >= 15 is 0 Å². The van der Waals surface area contributed by atoms with Crippen LogP contribution in [0.3, 0.4) is 0 Å². The highest BCUT2D eigenvalue weighted by molar-refractivity contribution is 14.0. The number of pyridine rings is 1. The summed E-state index contributed by atoms with van der Waals surface area (Å²) in [7, 11) is 1.79. The van der Waals surface area contributed by atoms with Crippen LogP contribution >= 0.6 is 24.0 Å². The van der Waals surface area contributed by atoms with Crippen molar-refractivity contribution in [3.63, 3.8) is 0 Å². The number of aromatic nitrogens is 1. The van der Waals surface area contributed by atoms with Crippen LogP contribution in [0.25, 0.3) is 0 Å². The van der Waals surface area contributed by atoms with E-state index in [0.717, 1.165) is 51.0 Å². The first kappa shape index (κ1) is 25.2. The number of aliphatic imine (C=N–C) groups is 1. The molecule has 0 spiro atoms. The van der Waals surface area contributed by atoms with Crippen LogP contribution in [-0.2, 0) is 11.3 Å². The van der Waals surface area contributed by atoms with E-state index in [0.29, 0.717) is 12.0 Å². The molecule has 30 heavy (non-hydrogen) atoms. The van der Waals surface area contributed by atoms with Crippen LogP contribution in [0.4, 0.5) is 5.82 Å². The van der Waals surface area contributed by atoms with E-state index in [1.54, 1.807) is 7.11 Å². The molecule has 7 heteroatoms. The van der Waals surface area contributed by atoms with E-state index in [-0.39, 0.29) is 24.0 Å². The minimum Gasteiger partial charge on any atom is -0.385 e. The number of rotatable bonds is 9. The Kier molecular flexibility index (Phi) is 11.2. The highest BCUT2D eigenvalue weighted by Gasteiger charge is 2.36. The second-order valence-electron chi connectivity index (χ2n) is 8.57. The van der Waals surface area contributed by atoms with E-state index < -0.39 is 0 Å². The molecule has 170 valence electrons. The van der Waals surface area contributed by atoms with Gasteiger partial charge in [0.05, 0.1) is 6.54 Å². The lowest BCUT2D eigenvalue weighted by Crippen LogP contribution is -2.46. The summed E-state index contributed by atoms with van der Waals surface area (Å²) in [5.41, 5.74) is 1.59. The smallest absolute Gasteiger partial charge is 0.191 e. The Labute approximate surface area is 199 Å². The molecule has 2 fully saturated rings. The Bertz CT molecular complexity index is 642. The van der Waals surface area contributed by atoms with E-state index in [2.05, 4.69) is 39.6 Å². The van der Waals surface area contributed by atoms with Crippen molar-refractivity contribution in [2.24, 2.45) is 10.4 Å². The number of halogens is 1. The fourth-order valence-corrected chi connectivity index (χ4v) is 4.33. The Morgan fingerprint density at radius 1 is 1.17 bits per heavy atom. The van der Waals surface area contributed by atoms with Gasteiger partial charge in [0.25, 0.3) is 0 Å². The van der Waals surface area contributed by atoms with Gasteiger partial charge in [0.2, 0.25) is 0 Å². The van der Waals surface area contributed by atoms with Gasteiger partial charge in [0.1, 0.15) is 5.82 Å². The van der Waals surface area contributed by atoms with Crippen molar-refractivity contribution >= 4 is 35.8 Å².